The van der Waals surface area contributed by atoms with Crippen LogP contribution in [-0.2, 0) is 4.79 Å². The molecule has 3 rings (SSSR count). The third-order valence-electron chi connectivity index (χ3n) is 6.16. The molecule has 0 radical (unpaired) electrons. The number of amides is 1. The molecular weight excluding hydrogens is 358 g/mol. The lowest BCUT2D eigenvalue weighted by molar-refractivity contribution is -0.138. The molecule has 1 aromatic rings. The second kappa shape index (κ2) is 10.4. The Labute approximate surface area is 169 Å². The van der Waals surface area contributed by atoms with E-state index < -0.39 is 0 Å². The number of aryl methyl sites for hydroxylation is 1. The van der Waals surface area contributed by atoms with Crippen molar-refractivity contribution in [2.24, 2.45) is 0 Å². The maximum absolute atomic E-state index is 13.1. The topological polar surface area (TPSA) is 29.5 Å². The average Bonchev–Trinajstić information content (AvgIpc) is 2.70. The lowest BCUT2D eigenvalue weighted by atomic mass is 9.88. The van der Waals surface area contributed by atoms with Crippen molar-refractivity contribution in [2.45, 2.75) is 96.1 Å². The zero-order chi connectivity index (χ0) is 19.1. The van der Waals surface area contributed by atoms with Crippen LogP contribution in [0, 0.1) is 6.92 Å². The number of nitrogens with zero attached hydrogens (tertiary/aromatic N) is 1. The molecule has 0 heterocycles. The van der Waals surface area contributed by atoms with Crippen molar-refractivity contribution in [3.63, 3.8) is 0 Å². The Morgan fingerprint density at radius 2 is 1.63 bits per heavy atom. The Balaban J connectivity index is 1.51. The number of carbonyl (C=O) groups is 1. The van der Waals surface area contributed by atoms with Crippen LogP contribution in [0.4, 0.5) is 0 Å². The van der Waals surface area contributed by atoms with Crippen molar-refractivity contribution in [3.8, 4) is 5.75 Å². The van der Waals surface area contributed by atoms with E-state index in [4.69, 9.17) is 16.3 Å². The normalized spacial score (nSPS) is 19.0. The predicted molar refractivity (Wildman–Crippen MR) is 112 cm³/mol. The molecule has 1 aromatic carbocycles. The van der Waals surface area contributed by atoms with E-state index in [9.17, 15) is 4.79 Å². The van der Waals surface area contributed by atoms with Crippen LogP contribution >= 0.6 is 11.6 Å². The summed E-state index contributed by atoms with van der Waals surface area (Å²) >= 11 is 6.06. The third-order valence-corrected chi connectivity index (χ3v) is 6.58. The molecule has 3 nitrogen and oxygen atoms in total. The van der Waals surface area contributed by atoms with E-state index in [1.165, 1.54) is 64.2 Å². The minimum Gasteiger partial charge on any atom is -0.494 e. The second-order valence-corrected chi connectivity index (χ2v) is 8.65. The number of halogens is 1. The summed E-state index contributed by atoms with van der Waals surface area (Å²) < 4.78 is 5.83. The molecule has 1 amide bonds. The first kappa shape index (κ1) is 20.5. The van der Waals surface area contributed by atoms with Crippen LogP contribution in [0.3, 0.4) is 0 Å². The summed E-state index contributed by atoms with van der Waals surface area (Å²) in [4.78, 5) is 15.4. The molecule has 0 aromatic heterocycles. The quantitative estimate of drug-likeness (QED) is 0.510. The van der Waals surface area contributed by atoms with Crippen LogP contribution in [-0.4, -0.2) is 29.5 Å². The van der Waals surface area contributed by atoms with Gasteiger partial charge in [0, 0.05) is 23.5 Å². The average molecular weight is 392 g/mol. The zero-order valence-electron chi connectivity index (χ0n) is 16.7. The van der Waals surface area contributed by atoms with E-state index in [0.717, 1.165) is 22.8 Å². The van der Waals surface area contributed by atoms with Crippen LogP contribution in [0.5, 0.6) is 5.75 Å². The van der Waals surface area contributed by atoms with Crippen molar-refractivity contribution >= 4 is 17.5 Å². The Bertz CT molecular complexity index is 588. The van der Waals surface area contributed by atoms with Crippen molar-refractivity contribution in [3.05, 3.63) is 28.8 Å². The second-order valence-electron chi connectivity index (χ2n) is 8.25. The molecule has 2 saturated carbocycles. The van der Waals surface area contributed by atoms with Crippen LogP contribution in [0.25, 0.3) is 0 Å². The molecule has 4 heteroatoms. The number of benzene rings is 1. The molecular formula is C23H34ClNO2. The Kier molecular flexibility index (Phi) is 7.87. The molecule has 0 saturated heterocycles. The Hall–Kier alpha value is -1.22. The first-order valence-electron chi connectivity index (χ1n) is 10.9. The number of rotatable bonds is 7. The van der Waals surface area contributed by atoms with Crippen molar-refractivity contribution < 1.29 is 9.53 Å². The number of carbonyl (C=O) groups excluding carboxylic acids is 1. The minimum atomic E-state index is 0.352. The molecule has 2 aliphatic carbocycles. The summed E-state index contributed by atoms with van der Waals surface area (Å²) in [6, 6.07) is 6.68. The molecule has 2 aliphatic rings. The van der Waals surface area contributed by atoms with Gasteiger partial charge in [0.1, 0.15) is 5.75 Å². The van der Waals surface area contributed by atoms with Gasteiger partial charge in [-0.1, -0.05) is 50.1 Å². The molecule has 150 valence electrons. The highest BCUT2D eigenvalue weighted by atomic mass is 35.5. The number of hydrogen-bond donors (Lipinski definition) is 0. The maximum Gasteiger partial charge on any atom is 0.223 e. The van der Waals surface area contributed by atoms with E-state index >= 15 is 0 Å². The summed E-state index contributed by atoms with van der Waals surface area (Å²) in [6.07, 6.45) is 13.9. The van der Waals surface area contributed by atoms with Gasteiger partial charge in [-0.2, -0.15) is 0 Å². The highest BCUT2D eigenvalue weighted by molar-refractivity contribution is 6.31. The highest BCUT2D eigenvalue weighted by Gasteiger charge is 2.31. The van der Waals surface area contributed by atoms with Gasteiger partial charge in [-0.05, 0) is 62.8 Å². The van der Waals surface area contributed by atoms with Crippen LogP contribution in [0.2, 0.25) is 5.02 Å². The predicted octanol–water partition coefficient (Wildman–Crippen LogP) is 6.30. The van der Waals surface area contributed by atoms with Gasteiger partial charge in [0.25, 0.3) is 0 Å². The lowest BCUT2D eigenvalue weighted by Gasteiger charge is -2.42. The van der Waals surface area contributed by atoms with E-state index in [0.29, 0.717) is 31.0 Å². The Morgan fingerprint density at radius 1 is 1.04 bits per heavy atom. The SMILES string of the molecule is Cc1cc(OCCCC(=O)N(C2CCCCC2)C2CCCCC2)ccc1Cl. The van der Waals surface area contributed by atoms with Crippen LogP contribution in [0.1, 0.15) is 82.6 Å². The van der Waals surface area contributed by atoms with Gasteiger partial charge < -0.3 is 9.64 Å². The summed E-state index contributed by atoms with van der Waals surface area (Å²) in [5, 5.41) is 0.758. The summed E-state index contributed by atoms with van der Waals surface area (Å²) in [5.41, 5.74) is 1.02. The summed E-state index contributed by atoms with van der Waals surface area (Å²) in [5.74, 6) is 1.19. The van der Waals surface area contributed by atoms with E-state index in [1.54, 1.807) is 0 Å². The fourth-order valence-corrected chi connectivity index (χ4v) is 4.79. The number of hydrogen-bond acceptors (Lipinski definition) is 2. The van der Waals surface area contributed by atoms with Gasteiger partial charge in [0.05, 0.1) is 6.61 Å². The van der Waals surface area contributed by atoms with Gasteiger partial charge in [-0.15, -0.1) is 0 Å². The standard InChI is InChI=1S/C23H34ClNO2/c1-18-17-21(14-15-22(18)24)27-16-8-13-23(26)25(19-9-4-2-5-10-19)20-11-6-3-7-12-20/h14-15,17,19-20H,2-13,16H2,1H3. The first-order valence-corrected chi connectivity index (χ1v) is 11.2. The van der Waals surface area contributed by atoms with Gasteiger partial charge in [-0.3, -0.25) is 4.79 Å². The third kappa shape index (κ3) is 5.88. The Morgan fingerprint density at radius 3 is 2.19 bits per heavy atom. The molecule has 27 heavy (non-hydrogen) atoms. The summed E-state index contributed by atoms with van der Waals surface area (Å²) in [7, 11) is 0. The monoisotopic (exact) mass is 391 g/mol. The maximum atomic E-state index is 13.1. The number of ether oxygens (including phenoxy) is 1. The van der Waals surface area contributed by atoms with Gasteiger partial charge >= 0.3 is 0 Å². The van der Waals surface area contributed by atoms with Crippen molar-refractivity contribution in [2.75, 3.05) is 6.61 Å². The molecule has 0 spiro atoms. The van der Waals surface area contributed by atoms with Crippen LogP contribution < -0.4 is 4.74 Å². The molecule has 0 aliphatic heterocycles. The fourth-order valence-electron chi connectivity index (χ4n) is 4.67. The van der Waals surface area contributed by atoms with Crippen LogP contribution in [0.15, 0.2) is 18.2 Å². The van der Waals surface area contributed by atoms with Gasteiger partial charge in [-0.25, -0.2) is 0 Å². The fraction of sp³-hybridized carbons (Fsp3) is 0.696. The molecule has 0 atom stereocenters. The van der Waals surface area contributed by atoms with E-state index in [-0.39, 0.29) is 0 Å². The molecule has 0 N–H and O–H groups in total. The van der Waals surface area contributed by atoms with Crippen molar-refractivity contribution in [1.29, 1.82) is 0 Å². The van der Waals surface area contributed by atoms with E-state index in [1.807, 2.05) is 25.1 Å². The molecule has 0 unspecified atom stereocenters. The van der Waals surface area contributed by atoms with E-state index in [2.05, 4.69) is 4.90 Å². The van der Waals surface area contributed by atoms with Gasteiger partial charge in [0.15, 0.2) is 0 Å². The summed E-state index contributed by atoms with van der Waals surface area (Å²) in [6.45, 7) is 2.56. The minimum absolute atomic E-state index is 0.352. The zero-order valence-corrected chi connectivity index (χ0v) is 17.5. The first-order chi connectivity index (χ1) is 13.1. The van der Waals surface area contributed by atoms with Crippen molar-refractivity contribution in [1.82, 2.24) is 4.90 Å². The largest absolute Gasteiger partial charge is 0.494 e. The highest BCUT2D eigenvalue weighted by Crippen LogP contribution is 2.31. The van der Waals surface area contributed by atoms with Gasteiger partial charge in [0.2, 0.25) is 5.91 Å². The smallest absolute Gasteiger partial charge is 0.223 e. The molecule has 2 fully saturated rings. The lowest BCUT2D eigenvalue weighted by Crippen LogP contribution is -2.48. The molecule has 0 bridgehead atoms.